The molecule has 6 amide bonds. The normalized spacial score (nSPS) is 12.3. The first kappa shape index (κ1) is 52.6. The molecule has 0 heterocycles. The molecule has 0 bridgehead atoms. The third-order valence-corrected chi connectivity index (χ3v) is 8.01. The number of hydrogen-bond acceptors (Lipinski definition) is 14. The highest BCUT2D eigenvalue weighted by Crippen LogP contribution is 2.12. The molecule has 23 nitrogen and oxygen atoms in total. The van der Waals surface area contributed by atoms with E-state index in [0.29, 0.717) is 25.7 Å². The molecule has 0 aliphatic heterocycles. The maximum absolute atomic E-state index is 12.0. The largest absolute Gasteiger partial charge is 0.480 e. The van der Waals surface area contributed by atoms with Crippen LogP contribution in [-0.4, -0.2) is 146 Å². The molecule has 0 radical (unpaired) electrons. The van der Waals surface area contributed by atoms with Crippen molar-refractivity contribution >= 4 is 81.5 Å². The van der Waals surface area contributed by atoms with Crippen LogP contribution in [0.1, 0.15) is 52.4 Å². The minimum absolute atomic E-state index is 0. The second-order valence-electron chi connectivity index (χ2n) is 10.5. The molecule has 25 heteroatoms. The molecule has 0 spiro atoms. The van der Waals surface area contributed by atoms with E-state index in [1.807, 2.05) is 13.8 Å². The van der Waals surface area contributed by atoms with Crippen molar-refractivity contribution in [3.8, 4) is 0 Å². The molecule has 0 saturated heterocycles. The first-order valence-electron chi connectivity index (χ1n) is 15.7. The summed E-state index contributed by atoms with van der Waals surface area (Å²) in [5, 5.41) is 47.3. The van der Waals surface area contributed by atoms with Gasteiger partial charge < -0.3 is 69.3 Å². The third-order valence-electron chi connectivity index (χ3n) is 5.96. The van der Waals surface area contributed by atoms with Crippen LogP contribution < -0.4 is 43.4 Å². The Morgan fingerprint density at radius 1 is 0.566 bits per heavy atom. The van der Waals surface area contributed by atoms with Crippen molar-refractivity contribution in [3.63, 3.8) is 0 Å². The second-order valence-corrected chi connectivity index (χ2v) is 12.7. The summed E-state index contributed by atoms with van der Waals surface area (Å²) in [4.78, 5) is 113. The lowest BCUT2D eigenvalue weighted by Gasteiger charge is -2.18. The molecule has 0 aromatic rings. The number of amides is 6. The molecule has 4 atom stereocenters. The summed E-state index contributed by atoms with van der Waals surface area (Å²) >= 11 is 1.70. The highest BCUT2D eigenvalue weighted by molar-refractivity contribution is 8.13. The standard InChI is InChI=1S/2C14H24N4O7S.H2O/c2*1-2-3-4-11(21)26-7-9(12(22)16-6-10(19)20)18-14(25)17-5-8(15)13(23)24;/h2*8-9H,2-7,15H2,1H3,(H,16,22)(H,19,20)(H,23,24)(H2,17,18,25);1H2/t2*8-,9-;/m00./s1. The van der Waals surface area contributed by atoms with E-state index in [2.05, 4.69) is 31.9 Å². The molecule has 0 fully saturated rings. The van der Waals surface area contributed by atoms with Gasteiger partial charge in [-0.05, 0) is 12.8 Å². The molecule has 0 saturated carbocycles. The number of nitrogens with two attached hydrogens (primary N) is 2. The van der Waals surface area contributed by atoms with Gasteiger partial charge in [0.25, 0.3) is 0 Å². The number of carboxylic acids is 4. The Bertz CT molecular complexity index is 1150. The fraction of sp³-hybridized carbons (Fsp3) is 0.643. The number of hydrogen-bond donors (Lipinski definition) is 12. The molecule has 0 aromatic heterocycles. The van der Waals surface area contributed by atoms with E-state index >= 15 is 0 Å². The quantitative estimate of drug-likeness (QED) is 0.0453. The van der Waals surface area contributed by atoms with E-state index in [4.69, 9.17) is 31.9 Å². The average molecular weight is 803 g/mol. The smallest absolute Gasteiger partial charge is 0.322 e. The Hall–Kier alpha value is -4.72. The lowest BCUT2D eigenvalue weighted by atomic mass is 10.3. The van der Waals surface area contributed by atoms with E-state index in [-0.39, 0.29) is 40.3 Å². The van der Waals surface area contributed by atoms with Crippen LogP contribution in [0.2, 0.25) is 0 Å². The van der Waals surface area contributed by atoms with Crippen molar-refractivity contribution in [1.29, 1.82) is 0 Å². The van der Waals surface area contributed by atoms with Crippen molar-refractivity contribution in [2.24, 2.45) is 11.5 Å². The number of thioether (sulfide) groups is 2. The summed E-state index contributed by atoms with van der Waals surface area (Å²) in [7, 11) is 0. The maximum Gasteiger partial charge on any atom is 0.322 e. The Balaban J connectivity index is -0.000000926. The number of unbranched alkanes of at least 4 members (excludes halogenated alkanes) is 2. The number of carbonyl (C=O) groups excluding carboxylic acids is 6. The van der Waals surface area contributed by atoms with Gasteiger partial charge in [0, 0.05) is 37.4 Å². The summed E-state index contributed by atoms with van der Waals surface area (Å²) < 4.78 is 0. The van der Waals surface area contributed by atoms with Gasteiger partial charge in [-0.15, -0.1) is 0 Å². The number of urea groups is 2. The highest BCUT2D eigenvalue weighted by atomic mass is 32.2. The minimum atomic E-state index is -1.31. The van der Waals surface area contributed by atoms with Gasteiger partial charge in [0.05, 0.1) is 0 Å². The van der Waals surface area contributed by atoms with E-state index in [9.17, 15) is 47.9 Å². The van der Waals surface area contributed by atoms with Crippen molar-refractivity contribution in [3.05, 3.63) is 0 Å². The van der Waals surface area contributed by atoms with Gasteiger partial charge in [-0.1, -0.05) is 50.2 Å². The van der Waals surface area contributed by atoms with Crippen LogP contribution in [0.15, 0.2) is 0 Å². The summed E-state index contributed by atoms with van der Waals surface area (Å²) in [6.45, 7) is 1.83. The summed E-state index contributed by atoms with van der Waals surface area (Å²) in [5.74, 6) is -6.88. The molecule has 304 valence electrons. The zero-order valence-electron chi connectivity index (χ0n) is 29.1. The number of aliphatic carboxylic acids is 4. The predicted molar refractivity (Wildman–Crippen MR) is 191 cm³/mol. The highest BCUT2D eigenvalue weighted by Gasteiger charge is 2.25. The van der Waals surface area contributed by atoms with Gasteiger partial charge in [-0.3, -0.25) is 38.4 Å². The van der Waals surface area contributed by atoms with E-state index in [0.717, 1.165) is 36.4 Å². The lowest BCUT2D eigenvalue weighted by molar-refractivity contribution is -0.139. The number of nitrogens with one attached hydrogen (secondary N) is 6. The first-order chi connectivity index (χ1) is 24.3. The molecule has 0 unspecified atom stereocenters. The maximum atomic E-state index is 12.0. The van der Waals surface area contributed by atoms with Gasteiger partial charge in [0.15, 0.2) is 10.2 Å². The van der Waals surface area contributed by atoms with Crippen molar-refractivity contribution in [1.82, 2.24) is 31.9 Å². The third kappa shape index (κ3) is 29.5. The van der Waals surface area contributed by atoms with Gasteiger partial charge in [0.2, 0.25) is 11.8 Å². The van der Waals surface area contributed by atoms with E-state index in [1.165, 1.54) is 0 Å². The molecule has 16 N–H and O–H groups in total. The lowest BCUT2D eigenvalue weighted by Crippen LogP contribution is -2.54. The van der Waals surface area contributed by atoms with Gasteiger partial charge in [-0.25, -0.2) is 9.59 Å². The summed E-state index contributed by atoms with van der Waals surface area (Å²) in [6, 6.07) is -6.70. The molecule has 0 rings (SSSR count). The van der Waals surface area contributed by atoms with Crippen LogP contribution in [0.4, 0.5) is 9.59 Å². The van der Waals surface area contributed by atoms with Crippen LogP contribution in [0.5, 0.6) is 0 Å². The number of carbonyl (C=O) groups is 10. The summed E-state index contributed by atoms with van der Waals surface area (Å²) in [5.41, 5.74) is 10.5. The molecule has 0 aliphatic carbocycles. The van der Waals surface area contributed by atoms with Crippen LogP contribution in [0.25, 0.3) is 0 Å². The monoisotopic (exact) mass is 802 g/mol. The second kappa shape index (κ2) is 30.9. The molecule has 0 aliphatic rings. The van der Waals surface area contributed by atoms with Crippen LogP contribution in [0, 0.1) is 0 Å². The minimum Gasteiger partial charge on any atom is -0.480 e. The summed E-state index contributed by atoms with van der Waals surface area (Å²) in [6.07, 6.45) is 3.71. The fourth-order valence-electron chi connectivity index (χ4n) is 3.08. The van der Waals surface area contributed by atoms with Gasteiger partial charge in [0.1, 0.15) is 37.3 Å². The SMILES string of the molecule is CCCCC(=O)SC[C@H](NC(=O)NC[C@H](N)C(=O)O)C(=O)NCC(=O)O.CCCCC(=O)SC[C@H](NC(=O)NC[C@H](N)C(=O)O)C(=O)NCC(=O)O.O. The molecular weight excluding hydrogens is 752 g/mol. The Labute approximate surface area is 312 Å². The van der Waals surface area contributed by atoms with Crippen molar-refractivity contribution < 1.29 is 73.8 Å². The zero-order chi connectivity index (χ0) is 40.2. The van der Waals surface area contributed by atoms with Crippen LogP contribution in [-0.2, 0) is 38.4 Å². The van der Waals surface area contributed by atoms with E-state index < -0.39 is 85.0 Å². The topological polar surface area (TPSA) is 407 Å². The van der Waals surface area contributed by atoms with Gasteiger partial charge in [-0.2, -0.15) is 0 Å². The average Bonchev–Trinajstić information content (AvgIpc) is 3.08. The van der Waals surface area contributed by atoms with Crippen LogP contribution >= 0.6 is 23.5 Å². The molecule has 0 aromatic carbocycles. The number of carboxylic acid groups (broad SMARTS) is 4. The Morgan fingerprint density at radius 3 is 1.15 bits per heavy atom. The van der Waals surface area contributed by atoms with Crippen molar-refractivity contribution in [2.75, 3.05) is 37.7 Å². The van der Waals surface area contributed by atoms with E-state index in [1.54, 1.807) is 0 Å². The van der Waals surface area contributed by atoms with Crippen molar-refractivity contribution in [2.45, 2.75) is 76.5 Å². The fourth-order valence-corrected chi connectivity index (χ4v) is 4.83. The molecular formula is C28H50N8O15S2. The predicted octanol–water partition coefficient (Wildman–Crippen LogP) is -3.39. The number of rotatable bonds is 24. The Kier molecular flexibility index (Phi) is 30.7. The molecule has 53 heavy (non-hydrogen) atoms. The van der Waals surface area contributed by atoms with Gasteiger partial charge >= 0.3 is 35.9 Å². The zero-order valence-corrected chi connectivity index (χ0v) is 30.8. The Morgan fingerprint density at radius 2 is 0.887 bits per heavy atom. The first-order valence-corrected chi connectivity index (χ1v) is 17.7. The van der Waals surface area contributed by atoms with Crippen LogP contribution in [0.3, 0.4) is 0 Å².